The molecule has 0 aliphatic heterocycles. The summed E-state index contributed by atoms with van der Waals surface area (Å²) in [6.45, 7) is 6.09. The summed E-state index contributed by atoms with van der Waals surface area (Å²) in [4.78, 5) is 12.2. The van der Waals surface area contributed by atoms with E-state index in [2.05, 4.69) is 22.1 Å². The molecule has 1 aromatic carbocycles. The number of thioether (sulfide) groups is 1. The number of benzene rings is 1. The van der Waals surface area contributed by atoms with Gasteiger partial charge in [0.15, 0.2) is 5.16 Å². The Morgan fingerprint density at radius 2 is 2.33 bits per heavy atom. The zero-order chi connectivity index (χ0) is 15.2. The maximum Gasteiger partial charge on any atom is 0.237 e. The van der Waals surface area contributed by atoms with E-state index in [9.17, 15) is 4.79 Å². The van der Waals surface area contributed by atoms with Crippen LogP contribution in [0.25, 0.3) is 0 Å². The van der Waals surface area contributed by atoms with Crippen LogP contribution in [0.3, 0.4) is 0 Å². The lowest BCUT2D eigenvalue weighted by Gasteiger charge is -2.12. The second kappa shape index (κ2) is 7.28. The molecule has 5 nitrogen and oxygen atoms in total. The summed E-state index contributed by atoms with van der Waals surface area (Å²) in [5, 5.41) is 11.5. The van der Waals surface area contributed by atoms with Gasteiger partial charge in [0.25, 0.3) is 0 Å². The van der Waals surface area contributed by atoms with Gasteiger partial charge in [-0.15, -0.1) is 16.8 Å². The third kappa shape index (κ3) is 4.09. The van der Waals surface area contributed by atoms with Gasteiger partial charge in [0.05, 0.1) is 16.0 Å². The molecule has 0 unspecified atom stereocenters. The normalized spacial score (nSPS) is 11.9. The minimum absolute atomic E-state index is 0.138. The van der Waals surface area contributed by atoms with Crippen molar-refractivity contribution in [1.82, 2.24) is 14.8 Å². The Morgan fingerprint density at radius 3 is 3.05 bits per heavy atom. The smallest absolute Gasteiger partial charge is 0.237 e. The molecule has 1 heterocycles. The number of allylic oxidation sites excluding steroid dienone is 1. The van der Waals surface area contributed by atoms with Crippen molar-refractivity contribution in [2.75, 3.05) is 5.32 Å². The van der Waals surface area contributed by atoms with Crippen molar-refractivity contribution in [2.45, 2.75) is 23.9 Å². The molecule has 2 aromatic rings. The minimum atomic E-state index is -0.325. The highest BCUT2D eigenvalue weighted by Crippen LogP contribution is 2.24. The lowest BCUT2D eigenvalue weighted by atomic mass is 10.3. The van der Waals surface area contributed by atoms with Crippen molar-refractivity contribution in [3.05, 3.63) is 48.3 Å². The van der Waals surface area contributed by atoms with Crippen LogP contribution >= 0.6 is 23.4 Å². The van der Waals surface area contributed by atoms with E-state index in [-0.39, 0.29) is 11.2 Å². The fraction of sp³-hybridized carbons (Fsp3) is 0.214. The highest BCUT2D eigenvalue weighted by atomic mass is 35.5. The maximum absolute atomic E-state index is 12.2. The summed E-state index contributed by atoms with van der Waals surface area (Å²) in [6, 6.07) is 7.13. The number of hydrogen-bond donors (Lipinski definition) is 1. The average Bonchev–Trinajstić information content (AvgIpc) is 2.89. The molecule has 0 saturated heterocycles. The first-order valence-corrected chi connectivity index (χ1v) is 7.58. The highest BCUT2D eigenvalue weighted by molar-refractivity contribution is 8.00. The van der Waals surface area contributed by atoms with Crippen LogP contribution in [-0.2, 0) is 11.3 Å². The third-order valence-electron chi connectivity index (χ3n) is 2.69. The zero-order valence-electron chi connectivity index (χ0n) is 11.5. The van der Waals surface area contributed by atoms with Crippen LogP contribution in [0.5, 0.6) is 0 Å². The summed E-state index contributed by atoms with van der Waals surface area (Å²) in [6.07, 6.45) is 3.37. The van der Waals surface area contributed by atoms with Gasteiger partial charge in [-0.1, -0.05) is 41.6 Å². The van der Waals surface area contributed by atoms with Gasteiger partial charge in [0.2, 0.25) is 5.91 Å². The number of aromatic nitrogens is 3. The molecule has 1 atom stereocenters. The summed E-state index contributed by atoms with van der Waals surface area (Å²) >= 11 is 7.36. The molecule has 0 bridgehead atoms. The Kier molecular flexibility index (Phi) is 5.41. The Bertz CT molecular complexity index is 643. The minimum Gasteiger partial charge on any atom is -0.324 e. The molecule has 1 N–H and O–H groups in total. The Balaban J connectivity index is 2.01. The molecule has 2 rings (SSSR count). The number of anilines is 1. The van der Waals surface area contributed by atoms with Crippen LogP contribution in [-0.4, -0.2) is 25.9 Å². The van der Waals surface area contributed by atoms with Gasteiger partial charge >= 0.3 is 0 Å². The van der Waals surface area contributed by atoms with E-state index >= 15 is 0 Å². The topological polar surface area (TPSA) is 59.8 Å². The first-order chi connectivity index (χ1) is 10.1. The number of nitrogens with zero attached hydrogens (tertiary/aromatic N) is 3. The fourth-order valence-electron chi connectivity index (χ4n) is 1.61. The molecule has 1 aromatic heterocycles. The van der Waals surface area contributed by atoms with Crippen molar-refractivity contribution >= 4 is 35.0 Å². The molecule has 1 amide bonds. The molecule has 0 radical (unpaired) electrons. The first kappa shape index (κ1) is 15.6. The van der Waals surface area contributed by atoms with Gasteiger partial charge in [-0.05, 0) is 19.1 Å². The predicted octanol–water partition coefficient (Wildman–Crippen LogP) is 3.24. The number of carbonyl (C=O) groups is 1. The Hall–Kier alpha value is -1.79. The van der Waals surface area contributed by atoms with Crippen molar-refractivity contribution < 1.29 is 4.79 Å². The number of carbonyl (C=O) groups excluding carboxylic acids is 1. The fourth-order valence-corrected chi connectivity index (χ4v) is 2.63. The second-order valence-electron chi connectivity index (χ2n) is 4.28. The van der Waals surface area contributed by atoms with Crippen molar-refractivity contribution in [3.8, 4) is 0 Å². The quantitative estimate of drug-likeness (QED) is 0.655. The number of rotatable bonds is 6. The van der Waals surface area contributed by atoms with Gasteiger partial charge < -0.3 is 9.88 Å². The molecular weight excluding hydrogens is 308 g/mol. The lowest BCUT2D eigenvalue weighted by Crippen LogP contribution is -2.23. The largest absolute Gasteiger partial charge is 0.324 e. The molecule has 0 aliphatic rings. The van der Waals surface area contributed by atoms with E-state index in [1.165, 1.54) is 11.8 Å². The molecule has 7 heteroatoms. The van der Waals surface area contributed by atoms with Crippen LogP contribution < -0.4 is 5.32 Å². The maximum atomic E-state index is 12.2. The van der Waals surface area contributed by atoms with Crippen LogP contribution in [0.4, 0.5) is 5.69 Å². The molecule has 0 saturated carbocycles. The SMILES string of the molecule is C=CCn1cnnc1S[C@@H](C)C(=O)Nc1ccccc1Cl. The lowest BCUT2D eigenvalue weighted by molar-refractivity contribution is -0.115. The van der Waals surface area contributed by atoms with E-state index in [0.29, 0.717) is 22.4 Å². The Morgan fingerprint density at radius 1 is 1.57 bits per heavy atom. The average molecular weight is 323 g/mol. The number of para-hydroxylation sites is 1. The molecule has 0 fully saturated rings. The van der Waals surface area contributed by atoms with Gasteiger partial charge in [-0.25, -0.2) is 0 Å². The highest BCUT2D eigenvalue weighted by Gasteiger charge is 2.18. The second-order valence-corrected chi connectivity index (χ2v) is 6.00. The molecular formula is C14H15ClN4OS. The van der Waals surface area contributed by atoms with Crippen LogP contribution in [0.1, 0.15) is 6.92 Å². The first-order valence-electron chi connectivity index (χ1n) is 6.32. The van der Waals surface area contributed by atoms with E-state index in [1.807, 2.05) is 23.6 Å². The summed E-state index contributed by atoms with van der Waals surface area (Å²) in [5.74, 6) is -0.138. The molecule has 0 spiro atoms. The van der Waals surface area contributed by atoms with Gasteiger partial charge in [0.1, 0.15) is 6.33 Å². The standard InChI is InChI=1S/C14H15ClN4OS/c1-3-8-19-9-16-18-14(19)21-10(2)13(20)17-12-7-5-4-6-11(12)15/h3-7,9-10H,1,8H2,2H3,(H,17,20)/t10-/m0/s1. The van der Waals surface area contributed by atoms with Crippen LogP contribution in [0.15, 0.2) is 48.4 Å². The monoisotopic (exact) mass is 322 g/mol. The van der Waals surface area contributed by atoms with E-state index in [4.69, 9.17) is 11.6 Å². The number of hydrogen-bond acceptors (Lipinski definition) is 4. The van der Waals surface area contributed by atoms with E-state index < -0.39 is 0 Å². The number of halogens is 1. The van der Waals surface area contributed by atoms with Gasteiger partial charge in [0, 0.05) is 6.54 Å². The van der Waals surface area contributed by atoms with E-state index in [1.54, 1.807) is 24.5 Å². The summed E-state index contributed by atoms with van der Waals surface area (Å²) in [7, 11) is 0. The molecule has 21 heavy (non-hydrogen) atoms. The van der Waals surface area contributed by atoms with Crippen LogP contribution in [0, 0.1) is 0 Å². The zero-order valence-corrected chi connectivity index (χ0v) is 13.1. The van der Waals surface area contributed by atoms with Crippen molar-refractivity contribution in [2.24, 2.45) is 0 Å². The number of amides is 1. The third-order valence-corrected chi connectivity index (χ3v) is 4.11. The predicted molar refractivity (Wildman–Crippen MR) is 85.6 cm³/mol. The van der Waals surface area contributed by atoms with E-state index in [0.717, 1.165) is 0 Å². The van der Waals surface area contributed by atoms with Crippen LogP contribution in [0.2, 0.25) is 5.02 Å². The summed E-state index contributed by atoms with van der Waals surface area (Å²) in [5.41, 5.74) is 0.601. The summed E-state index contributed by atoms with van der Waals surface area (Å²) < 4.78 is 1.83. The Labute approximate surface area is 132 Å². The van der Waals surface area contributed by atoms with Crippen molar-refractivity contribution in [1.29, 1.82) is 0 Å². The van der Waals surface area contributed by atoms with Gasteiger partial charge in [-0.3, -0.25) is 4.79 Å². The van der Waals surface area contributed by atoms with Crippen molar-refractivity contribution in [3.63, 3.8) is 0 Å². The molecule has 110 valence electrons. The molecule has 0 aliphatic carbocycles. The van der Waals surface area contributed by atoms with Gasteiger partial charge in [-0.2, -0.15) is 0 Å². The number of nitrogens with one attached hydrogen (secondary N) is 1.